The molecule has 0 aromatic heterocycles. The summed E-state index contributed by atoms with van der Waals surface area (Å²) in [6.45, 7) is 6.60. The van der Waals surface area contributed by atoms with Gasteiger partial charge in [-0.05, 0) is 30.3 Å². The first-order chi connectivity index (χ1) is 5.68. The molecule has 0 saturated heterocycles. The second kappa shape index (κ2) is 8.25. The third-order valence-corrected chi connectivity index (χ3v) is 3.65. The lowest BCUT2D eigenvalue weighted by Crippen LogP contribution is -2.07. The highest BCUT2D eigenvalue weighted by molar-refractivity contribution is 7.99. The predicted molar refractivity (Wildman–Crippen MR) is 61.3 cm³/mol. The number of thioether (sulfide) groups is 1. The normalized spacial score (nSPS) is 13.8. The standard InChI is InChI=1S/C10H21ClS/c1-4-12-8-6-5-7-10(11)9(2)3/h9-10H,4-8H2,1-3H3. The molecule has 0 amide bonds. The van der Waals surface area contributed by atoms with E-state index >= 15 is 0 Å². The molecule has 0 bridgehead atoms. The molecule has 1 unspecified atom stereocenters. The van der Waals surface area contributed by atoms with Crippen LogP contribution in [0.3, 0.4) is 0 Å². The summed E-state index contributed by atoms with van der Waals surface area (Å²) in [6.07, 6.45) is 3.80. The molecule has 0 aromatic carbocycles. The fraction of sp³-hybridized carbons (Fsp3) is 1.00. The van der Waals surface area contributed by atoms with Crippen LogP contribution in [0.2, 0.25) is 0 Å². The van der Waals surface area contributed by atoms with Gasteiger partial charge in [0, 0.05) is 5.38 Å². The van der Waals surface area contributed by atoms with Crippen LogP contribution in [0, 0.1) is 5.92 Å². The van der Waals surface area contributed by atoms with Gasteiger partial charge < -0.3 is 0 Å². The summed E-state index contributed by atoms with van der Waals surface area (Å²) in [5.41, 5.74) is 0. The van der Waals surface area contributed by atoms with Crippen LogP contribution in [0.4, 0.5) is 0 Å². The zero-order valence-electron chi connectivity index (χ0n) is 8.48. The highest BCUT2D eigenvalue weighted by Gasteiger charge is 2.07. The zero-order valence-corrected chi connectivity index (χ0v) is 10.0. The van der Waals surface area contributed by atoms with Crippen molar-refractivity contribution in [2.45, 2.75) is 45.4 Å². The average molecular weight is 209 g/mol. The van der Waals surface area contributed by atoms with E-state index in [1.54, 1.807) is 0 Å². The highest BCUT2D eigenvalue weighted by Crippen LogP contribution is 2.17. The molecule has 0 spiro atoms. The number of rotatable bonds is 7. The van der Waals surface area contributed by atoms with Crippen molar-refractivity contribution in [2.75, 3.05) is 11.5 Å². The van der Waals surface area contributed by atoms with Gasteiger partial charge in [-0.3, -0.25) is 0 Å². The molecular weight excluding hydrogens is 188 g/mol. The molecule has 74 valence electrons. The van der Waals surface area contributed by atoms with Crippen molar-refractivity contribution in [2.24, 2.45) is 5.92 Å². The summed E-state index contributed by atoms with van der Waals surface area (Å²) in [4.78, 5) is 0. The quantitative estimate of drug-likeness (QED) is 0.447. The van der Waals surface area contributed by atoms with Gasteiger partial charge in [0.15, 0.2) is 0 Å². The summed E-state index contributed by atoms with van der Waals surface area (Å²) in [5, 5.41) is 0.386. The third kappa shape index (κ3) is 7.30. The Balaban J connectivity index is 3.08. The van der Waals surface area contributed by atoms with Gasteiger partial charge in [-0.25, -0.2) is 0 Å². The van der Waals surface area contributed by atoms with E-state index in [2.05, 4.69) is 20.8 Å². The van der Waals surface area contributed by atoms with Gasteiger partial charge in [0.2, 0.25) is 0 Å². The topological polar surface area (TPSA) is 0 Å². The first-order valence-electron chi connectivity index (χ1n) is 4.90. The smallest absolute Gasteiger partial charge is 0.0359 e. The van der Waals surface area contributed by atoms with E-state index in [1.165, 1.54) is 30.8 Å². The Morgan fingerprint density at radius 2 is 1.92 bits per heavy atom. The van der Waals surface area contributed by atoms with Crippen molar-refractivity contribution in [1.82, 2.24) is 0 Å². The second-order valence-corrected chi connectivity index (χ2v) is 5.41. The van der Waals surface area contributed by atoms with Crippen molar-refractivity contribution in [1.29, 1.82) is 0 Å². The van der Waals surface area contributed by atoms with Crippen molar-refractivity contribution in [3.05, 3.63) is 0 Å². The zero-order chi connectivity index (χ0) is 9.40. The van der Waals surface area contributed by atoms with Gasteiger partial charge in [-0.2, -0.15) is 11.8 Å². The largest absolute Gasteiger partial charge is 0.162 e. The molecule has 0 aliphatic carbocycles. The Morgan fingerprint density at radius 3 is 2.42 bits per heavy atom. The van der Waals surface area contributed by atoms with E-state index in [1.807, 2.05) is 11.8 Å². The summed E-state index contributed by atoms with van der Waals surface area (Å²) in [6, 6.07) is 0. The van der Waals surface area contributed by atoms with Gasteiger partial charge >= 0.3 is 0 Å². The van der Waals surface area contributed by atoms with Gasteiger partial charge in [0.05, 0.1) is 0 Å². The van der Waals surface area contributed by atoms with E-state index in [-0.39, 0.29) is 0 Å². The van der Waals surface area contributed by atoms with Crippen molar-refractivity contribution in [3.63, 3.8) is 0 Å². The monoisotopic (exact) mass is 208 g/mol. The lowest BCUT2D eigenvalue weighted by molar-refractivity contribution is 0.544. The highest BCUT2D eigenvalue weighted by atomic mass is 35.5. The molecule has 12 heavy (non-hydrogen) atoms. The van der Waals surface area contributed by atoms with Crippen molar-refractivity contribution >= 4 is 23.4 Å². The van der Waals surface area contributed by atoms with Gasteiger partial charge in [0.25, 0.3) is 0 Å². The van der Waals surface area contributed by atoms with Crippen LogP contribution in [-0.4, -0.2) is 16.9 Å². The minimum absolute atomic E-state index is 0.386. The molecule has 0 nitrogen and oxygen atoms in total. The molecule has 0 saturated carbocycles. The molecule has 0 fully saturated rings. The Kier molecular flexibility index (Phi) is 8.69. The average Bonchev–Trinajstić information content (AvgIpc) is 2.03. The maximum absolute atomic E-state index is 6.12. The SMILES string of the molecule is CCSCCCCC(Cl)C(C)C. The molecule has 0 aliphatic rings. The van der Waals surface area contributed by atoms with Crippen LogP contribution in [0.5, 0.6) is 0 Å². The summed E-state index contributed by atoms with van der Waals surface area (Å²) < 4.78 is 0. The van der Waals surface area contributed by atoms with Crippen LogP contribution < -0.4 is 0 Å². The fourth-order valence-corrected chi connectivity index (χ4v) is 1.87. The van der Waals surface area contributed by atoms with Crippen molar-refractivity contribution < 1.29 is 0 Å². The molecule has 0 heterocycles. The summed E-state index contributed by atoms with van der Waals surface area (Å²) >= 11 is 8.15. The molecule has 0 aromatic rings. The Hall–Kier alpha value is 0.640. The molecular formula is C10H21ClS. The number of hydrogen-bond donors (Lipinski definition) is 0. The van der Waals surface area contributed by atoms with Crippen molar-refractivity contribution in [3.8, 4) is 0 Å². The predicted octanol–water partition coefficient (Wildman–Crippen LogP) is 4.17. The summed E-state index contributed by atoms with van der Waals surface area (Å²) in [5.74, 6) is 3.18. The molecule has 2 heteroatoms. The Bertz CT molecular complexity index is 93.8. The molecule has 0 radical (unpaired) electrons. The van der Waals surface area contributed by atoms with Gasteiger partial charge in [0.1, 0.15) is 0 Å². The van der Waals surface area contributed by atoms with E-state index in [9.17, 15) is 0 Å². The van der Waals surface area contributed by atoms with Crippen LogP contribution in [0.1, 0.15) is 40.0 Å². The van der Waals surface area contributed by atoms with E-state index in [4.69, 9.17) is 11.6 Å². The molecule has 0 rings (SSSR count). The van der Waals surface area contributed by atoms with E-state index in [0.717, 1.165) is 0 Å². The third-order valence-electron chi connectivity index (χ3n) is 1.95. The number of alkyl halides is 1. The minimum atomic E-state index is 0.386. The van der Waals surface area contributed by atoms with Crippen LogP contribution in [0.15, 0.2) is 0 Å². The van der Waals surface area contributed by atoms with Gasteiger partial charge in [-0.15, -0.1) is 11.6 Å². The van der Waals surface area contributed by atoms with Crippen LogP contribution in [-0.2, 0) is 0 Å². The second-order valence-electron chi connectivity index (χ2n) is 3.45. The fourth-order valence-electron chi connectivity index (χ4n) is 1.02. The first-order valence-corrected chi connectivity index (χ1v) is 6.49. The lowest BCUT2D eigenvalue weighted by Gasteiger charge is -2.12. The minimum Gasteiger partial charge on any atom is -0.162 e. The Labute approximate surface area is 86.5 Å². The number of hydrogen-bond acceptors (Lipinski definition) is 1. The first kappa shape index (κ1) is 12.6. The maximum Gasteiger partial charge on any atom is 0.0359 e. The van der Waals surface area contributed by atoms with E-state index < -0.39 is 0 Å². The number of unbranched alkanes of at least 4 members (excludes halogenated alkanes) is 1. The van der Waals surface area contributed by atoms with Crippen LogP contribution in [0.25, 0.3) is 0 Å². The van der Waals surface area contributed by atoms with Crippen LogP contribution >= 0.6 is 23.4 Å². The molecule has 0 N–H and O–H groups in total. The number of halogens is 1. The molecule has 0 aliphatic heterocycles. The summed E-state index contributed by atoms with van der Waals surface area (Å²) in [7, 11) is 0. The van der Waals surface area contributed by atoms with Gasteiger partial charge in [-0.1, -0.05) is 27.2 Å². The maximum atomic E-state index is 6.12. The van der Waals surface area contributed by atoms with E-state index in [0.29, 0.717) is 11.3 Å². The lowest BCUT2D eigenvalue weighted by atomic mass is 10.1. The Morgan fingerprint density at radius 1 is 1.25 bits per heavy atom. The molecule has 1 atom stereocenters.